The number of para-hydroxylation sites is 1. The normalized spacial score (nSPS) is 11.5. The largest absolute Gasteiger partial charge is 0.484 e. The average molecular weight is 408 g/mol. The van der Waals surface area contributed by atoms with Gasteiger partial charge in [0.2, 0.25) is 0 Å². The Labute approximate surface area is 168 Å². The van der Waals surface area contributed by atoms with Crippen molar-refractivity contribution in [3.63, 3.8) is 0 Å². The molecule has 0 unspecified atom stereocenters. The lowest BCUT2D eigenvalue weighted by Crippen LogP contribution is -2.44. The molecule has 0 saturated heterocycles. The SMILES string of the molecule is CSCC[C@@H](NC(=O)COc1ccccc1)C(=O)OCc1ccc(Cl)cc1. The van der Waals surface area contributed by atoms with Crippen LogP contribution in [0.1, 0.15) is 12.0 Å². The summed E-state index contributed by atoms with van der Waals surface area (Å²) < 4.78 is 10.8. The first-order chi connectivity index (χ1) is 13.1. The second-order valence-electron chi connectivity index (χ2n) is 5.74. The van der Waals surface area contributed by atoms with Crippen molar-refractivity contribution >= 4 is 35.2 Å². The number of halogens is 1. The Kier molecular flexibility index (Phi) is 9.01. The van der Waals surface area contributed by atoms with Crippen molar-refractivity contribution < 1.29 is 19.1 Å². The first-order valence-corrected chi connectivity index (χ1v) is 10.2. The van der Waals surface area contributed by atoms with Crippen LogP contribution in [-0.2, 0) is 20.9 Å². The van der Waals surface area contributed by atoms with Gasteiger partial charge >= 0.3 is 5.97 Å². The van der Waals surface area contributed by atoms with Crippen LogP contribution in [0.15, 0.2) is 54.6 Å². The van der Waals surface area contributed by atoms with Crippen molar-refractivity contribution in [2.24, 2.45) is 0 Å². The molecule has 2 aromatic carbocycles. The molecular formula is C20H22ClNO4S. The highest BCUT2D eigenvalue weighted by Crippen LogP contribution is 2.12. The Morgan fingerprint density at radius 3 is 2.48 bits per heavy atom. The summed E-state index contributed by atoms with van der Waals surface area (Å²) >= 11 is 7.44. The van der Waals surface area contributed by atoms with Crippen LogP contribution in [0, 0.1) is 0 Å². The zero-order valence-electron chi connectivity index (χ0n) is 15.0. The number of carbonyl (C=O) groups excluding carboxylic acids is 2. The molecule has 0 radical (unpaired) electrons. The number of benzene rings is 2. The molecule has 0 aliphatic rings. The Bertz CT molecular complexity index is 725. The van der Waals surface area contributed by atoms with E-state index < -0.39 is 12.0 Å². The first-order valence-electron chi connectivity index (χ1n) is 8.45. The van der Waals surface area contributed by atoms with Crippen LogP contribution >= 0.6 is 23.4 Å². The van der Waals surface area contributed by atoms with E-state index in [0.29, 0.717) is 17.2 Å². The molecule has 0 saturated carbocycles. The summed E-state index contributed by atoms with van der Waals surface area (Å²) in [6.07, 6.45) is 2.42. The molecule has 1 N–H and O–H groups in total. The minimum absolute atomic E-state index is 0.127. The molecule has 0 spiro atoms. The Morgan fingerprint density at radius 1 is 1.11 bits per heavy atom. The van der Waals surface area contributed by atoms with E-state index in [-0.39, 0.29) is 19.1 Å². The van der Waals surface area contributed by atoms with Gasteiger partial charge in [0.25, 0.3) is 5.91 Å². The number of hydrogen-bond donors (Lipinski definition) is 1. The molecule has 144 valence electrons. The average Bonchev–Trinajstić information content (AvgIpc) is 2.69. The maximum Gasteiger partial charge on any atom is 0.329 e. The van der Waals surface area contributed by atoms with Crippen molar-refractivity contribution in [2.75, 3.05) is 18.6 Å². The molecule has 5 nitrogen and oxygen atoms in total. The van der Waals surface area contributed by atoms with Gasteiger partial charge in [-0.2, -0.15) is 11.8 Å². The summed E-state index contributed by atoms with van der Waals surface area (Å²) in [5.41, 5.74) is 0.829. The summed E-state index contributed by atoms with van der Waals surface area (Å²) in [7, 11) is 0. The van der Waals surface area contributed by atoms with Gasteiger partial charge in [-0.25, -0.2) is 4.79 Å². The van der Waals surface area contributed by atoms with E-state index in [2.05, 4.69) is 5.32 Å². The van der Waals surface area contributed by atoms with Gasteiger partial charge in [-0.3, -0.25) is 4.79 Å². The van der Waals surface area contributed by atoms with Crippen LogP contribution in [0.4, 0.5) is 0 Å². The number of ether oxygens (including phenoxy) is 2. The molecule has 7 heteroatoms. The van der Waals surface area contributed by atoms with Crippen LogP contribution < -0.4 is 10.1 Å². The number of esters is 1. The van der Waals surface area contributed by atoms with Crippen LogP contribution in [0.5, 0.6) is 5.75 Å². The lowest BCUT2D eigenvalue weighted by Gasteiger charge is -2.17. The van der Waals surface area contributed by atoms with Crippen LogP contribution in [0.3, 0.4) is 0 Å². The zero-order valence-corrected chi connectivity index (χ0v) is 16.6. The lowest BCUT2D eigenvalue weighted by molar-refractivity contribution is -0.149. The highest BCUT2D eigenvalue weighted by atomic mass is 35.5. The maximum absolute atomic E-state index is 12.4. The maximum atomic E-state index is 12.4. The molecule has 1 amide bonds. The van der Waals surface area contributed by atoms with E-state index in [4.69, 9.17) is 21.1 Å². The van der Waals surface area contributed by atoms with Gasteiger partial charge < -0.3 is 14.8 Å². The highest BCUT2D eigenvalue weighted by Gasteiger charge is 2.22. The molecule has 0 bridgehead atoms. The second kappa shape index (κ2) is 11.5. The fraction of sp³-hybridized carbons (Fsp3) is 0.300. The van der Waals surface area contributed by atoms with E-state index in [1.807, 2.05) is 24.5 Å². The highest BCUT2D eigenvalue weighted by molar-refractivity contribution is 7.98. The third-order valence-electron chi connectivity index (χ3n) is 3.64. The van der Waals surface area contributed by atoms with Crippen molar-refractivity contribution in [3.8, 4) is 5.75 Å². The Morgan fingerprint density at radius 2 is 1.81 bits per heavy atom. The number of carbonyl (C=O) groups is 2. The van der Waals surface area contributed by atoms with Gasteiger partial charge in [-0.05, 0) is 48.3 Å². The van der Waals surface area contributed by atoms with Crippen molar-refractivity contribution in [1.82, 2.24) is 5.32 Å². The van der Waals surface area contributed by atoms with Crippen molar-refractivity contribution in [3.05, 3.63) is 65.2 Å². The van der Waals surface area contributed by atoms with E-state index in [1.54, 1.807) is 48.2 Å². The first kappa shape index (κ1) is 21.1. The van der Waals surface area contributed by atoms with E-state index in [0.717, 1.165) is 11.3 Å². The summed E-state index contributed by atoms with van der Waals surface area (Å²) in [5.74, 6) is 0.486. The van der Waals surface area contributed by atoms with Crippen LogP contribution in [0.2, 0.25) is 5.02 Å². The molecule has 1 atom stereocenters. The molecule has 0 aromatic heterocycles. The summed E-state index contributed by atoms with van der Waals surface area (Å²) in [5, 5.41) is 3.31. The quantitative estimate of drug-likeness (QED) is 0.608. The van der Waals surface area contributed by atoms with E-state index >= 15 is 0 Å². The number of thioether (sulfide) groups is 1. The summed E-state index contributed by atoms with van der Waals surface area (Å²) in [6, 6.07) is 15.4. The van der Waals surface area contributed by atoms with Crippen molar-refractivity contribution in [1.29, 1.82) is 0 Å². The van der Waals surface area contributed by atoms with E-state index in [1.165, 1.54) is 0 Å². The number of nitrogens with one attached hydrogen (secondary N) is 1. The van der Waals surface area contributed by atoms with Crippen molar-refractivity contribution in [2.45, 2.75) is 19.1 Å². The van der Waals surface area contributed by atoms with Gasteiger partial charge in [0.1, 0.15) is 18.4 Å². The fourth-order valence-electron chi connectivity index (χ4n) is 2.22. The second-order valence-corrected chi connectivity index (χ2v) is 7.16. The molecule has 27 heavy (non-hydrogen) atoms. The summed E-state index contributed by atoms with van der Waals surface area (Å²) in [4.78, 5) is 24.5. The topological polar surface area (TPSA) is 64.6 Å². The van der Waals surface area contributed by atoms with Crippen LogP contribution in [-0.4, -0.2) is 36.5 Å². The fourth-order valence-corrected chi connectivity index (χ4v) is 2.82. The number of rotatable bonds is 10. The number of amides is 1. The zero-order chi connectivity index (χ0) is 19.5. The number of hydrogen-bond acceptors (Lipinski definition) is 5. The Balaban J connectivity index is 1.85. The van der Waals surface area contributed by atoms with E-state index in [9.17, 15) is 9.59 Å². The molecule has 0 heterocycles. The third-order valence-corrected chi connectivity index (χ3v) is 4.53. The standard InChI is InChI=1S/C20H22ClNO4S/c1-27-12-11-18(20(24)26-13-15-7-9-16(21)10-8-15)22-19(23)14-25-17-5-3-2-4-6-17/h2-10,18H,11-14H2,1H3,(H,22,23)/t18-/m1/s1. The molecule has 2 aromatic rings. The van der Waals surface area contributed by atoms with Gasteiger partial charge in [0.15, 0.2) is 6.61 Å². The van der Waals surface area contributed by atoms with Crippen LogP contribution in [0.25, 0.3) is 0 Å². The predicted octanol–water partition coefficient (Wildman–Crippen LogP) is 3.70. The smallest absolute Gasteiger partial charge is 0.329 e. The van der Waals surface area contributed by atoms with Gasteiger partial charge in [-0.1, -0.05) is 41.9 Å². The van der Waals surface area contributed by atoms with Gasteiger partial charge in [-0.15, -0.1) is 0 Å². The molecular weight excluding hydrogens is 386 g/mol. The minimum Gasteiger partial charge on any atom is -0.484 e. The molecule has 0 fully saturated rings. The lowest BCUT2D eigenvalue weighted by atomic mass is 10.2. The Hall–Kier alpha value is -2.18. The molecule has 0 aliphatic heterocycles. The van der Waals surface area contributed by atoms with Gasteiger partial charge in [0.05, 0.1) is 0 Å². The monoisotopic (exact) mass is 407 g/mol. The summed E-state index contributed by atoms with van der Waals surface area (Å²) in [6.45, 7) is -0.0353. The van der Waals surface area contributed by atoms with Gasteiger partial charge in [0, 0.05) is 5.02 Å². The minimum atomic E-state index is -0.711. The third kappa shape index (κ3) is 7.93. The molecule has 2 rings (SSSR count). The molecule has 0 aliphatic carbocycles. The predicted molar refractivity (Wildman–Crippen MR) is 108 cm³/mol.